The summed E-state index contributed by atoms with van der Waals surface area (Å²) < 4.78 is 12.0. The summed E-state index contributed by atoms with van der Waals surface area (Å²) >= 11 is 1.07. The lowest BCUT2D eigenvalue weighted by Gasteiger charge is -2.39. The van der Waals surface area contributed by atoms with E-state index in [0.717, 1.165) is 11.3 Å². The van der Waals surface area contributed by atoms with Gasteiger partial charge in [-0.1, -0.05) is 20.4 Å². The van der Waals surface area contributed by atoms with E-state index in [4.69, 9.17) is 5.73 Å². The van der Waals surface area contributed by atoms with Gasteiger partial charge in [-0.05, 0) is 67.7 Å². The number of hydrogen-bond donors (Lipinski definition) is 6. The van der Waals surface area contributed by atoms with Crippen LogP contribution in [0.25, 0.3) is 10.1 Å². The Labute approximate surface area is 270 Å². The van der Waals surface area contributed by atoms with Gasteiger partial charge in [0.15, 0.2) is 0 Å². The van der Waals surface area contributed by atoms with Gasteiger partial charge < -0.3 is 41.3 Å². The number of nitrogens with zero attached hydrogens (tertiary/aromatic N) is 2. The molecule has 2 fully saturated rings. The van der Waals surface area contributed by atoms with Gasteiger partial charge in [-0.25, -0.2) is 4.79 Å². The summed E-state index contributed by atoms with van der Waals surface area (Å²) in [5, 5.41) is 8.85. The Kier molecular flexibility index (Phi) is 10.9. The van der Waals surface area contributed by atoms with Gasteiger partial charge in [-0.3, -0.25) is 23.7 Å². The quantitative estimate of drug-likeness (QED) is 0.203. The number of hydrogen-bond acceptors (Lipinski definition) is 8. The molecule has 2 aliphatic rings. The van der Waals surface area contributed by atoms with E-state index in [9.17, 15) is 38.3 Å². The van der Waals surface area contributed by atoms with Crippen molar-refractivity contribution in [1.82, 2.24) is 25.8 Å². The molecule has 250 valence electrons. The van der Waals surface area contributed by atoms with Gasteiger partial charge in [0.2, 0.25) is 11.8 Å². The zero-order valence-corrected chi connectivity index (χ0v) is 27.7. The fourth-order valence-corrected chi connectivity index (χ4v) is 7.38. The first-order chi connectivity index (χ1) is 21.6. The minimum Gasteiger partial charge on any atom is -0.403 e. The second-order valence-corrected chi connectivity index (χ2v) is 14.7. The molecule has 14 nitrogen and oxygen atoms in total. The topological polar surface area (TPSA) is 211 Å². The van der Waals surface area contributed by atoms with Crippen molar-refractivity contribution in [3.05, 3.63) is 47.0 Å². The van der Waals surface area contributed by atoms with Crippen molar-refractivity contribution < 1.29 is 38.3 Å². The summed E-state index contributed by atoms with van der Waals surface area (Å²) in [5.41, 5.74) is 4.76. The molecule has 16 heteroatoms. The number of benzene rings is 1. The van der Waals surface area contributed by atoms with E-state index in [1.807, 2.05) is 13.8 Å². The van der Waals surface area contributed by atoms with E-state index in [0.29, 0.717) is 54.4 Å². The zero-order valence-electron chi connectivity index (χ0n) is 26.0. The van der Waals surface area contributed by atoms with Crippen molar-refractivity contribution in [3.63, 3.8) is 0 Å². The third kappa shape index (κ3) is 7.95. The highest BCUT2D eigenvalue weighted by molar-refractivity contribution is 7.70. The molecule has 7 N–H and O–H groups in total. The molecule has 2 aliphatic heterocycles. The number of nitrogens with one attached hydrogen (secondary N) is 3. The van der Waals surface area contributed by atoms with Crippen LogP contribution in [0.2, 0.25) is 0 Å². The van der Waals surface area contributed by atoms with E-state index in [2.05, 4.69) is 22.5 Å². The van der Waals surface area contributed by atoms with Crippen molar-refractivity contribution in [2.45, 2.75) is 70.1 Å². The number of fused-ring (bicyclic) bond motifs is 2. The lowest BCUT2D eigenvalue weighted by atomic mass is 9.98. The molecular formula is C30H41N6O8PS. The number of rotatable bonds is 10. The summed E-state index contributed by atoms with van der Waals surface area (Å²) in [6.07, 6.45) is 2.61. The molecule has 2 aromatic rings. The smallest absolute Gasteiger partial charge is 0.396 e. The van der Waals surface area contributed by atoms with Gasteiger partial charge in [-0.15, -0.1) is 11.3 Å². The van der Waals surface area contributed by atoms with Crippen molar-refractivity contribution in [2.24, 2.45) is 11.7 Å². The number of thiophene rings is 1. The Morgan fingerprint density at radius 3 is 2.50 bits per heavy atom. The fraction of sp³-hybridized carbons (Fsp3) is 0.500. The first kappa shape index (κ1) is 35.1. The minimum atomic E-state index is -5.00. The summed E-state index contributed by atoms with van der Waals surface area (Å²) in [5.74, 6) is -1.25. The molecule has 46 heavy (non-hydrogen) atoms. The Balaban J connectivity index is 1.59. The van der Waals surface area contributed by atoms with Gasteiger partial charge in [0, 0.05) is 41.6 Å². The van der Waals surface area contributed by atoms with Gasteiger partial charge in [0.1, 0.15) is 12.1 Å². The highest BCUT2D eigenvalue weighted by Crippen LogP contribution is 2.40. The zero-order chi connectivity index (χ0) is 33.9. The van der Waals surface area contributed by atoms with E-state index in [-0.39, 0.29) is 40.9 Å². The predicted octanol–water partition coefficient (Wildman–Crippen LogP) is 2.12. The van der Waals surface area contributed by atoms with E-state index >= 15 is 0 Å². The van der Waals surface area contributed by atoms with Crippen LogP contribution in [0.3, 0.4) is 0 Å². The largest absolute Gasteiger partial charge is 0.403 e. The number of carbonyl (C=O) groups excluding carboxylic acids is 5. The molecule has 5 amide bonds. The van der Waals surface area contributed by atoms with Crippen molar-refractivity contribution in [3.8, 4) is 0 Å². The molecular weight excluding hydrogens is 635 g/mol. The van der Waals surface area contributed by atoms with Crippen LogP contribution >= 0.6 is 18.9 Å². The van der Waals surface area contributed by atoms with Gasteiger partial charge in [-0.2, -0.15) is 0 Å². The molecule has 4 atom stereocenters. The van der Waals surface area contributed by atoms with Crippen LogP contribution in [-0.2, 0) is 14.2 Å². The molecule has 0 aliphatic carbocycles. The first-order valence-electron chi connectivity index (χ1n) is 15.1. The Hall–Kier alpha value is -3.78. The van der Waals surface area contributed by atoms with Gasteiger partial charge >= 0.3 is 13.6 Å². The maximum absolute atomic E-state index is 14.2. The number of amides is 5. The van der Waals surface area contributed by atoms with Crippen LogP contribution < -0.4 is 21.7 Å². The molecule has 0 bridgehead atoms. The third-order valence-electron chi connectivity index (χ3n) is 8.46. The molecule has 4 rings (SSSR count). The summed E-state index contributed by atoms with van der Waals surface area (Å²) in [7, 11) is -3.52. The average Bonchev–Trinajstić information content (AvgIpc) is 3.62. The molecule has 0 spiro atoms. The number of nitrogens with two attached hydrogens (primary N) is 1. The maximum atomic E-state index is 14.2. The van der Waals surface area contributed by atoms with E-state index in [1.165, 1.54) is 36.2 Å². The van der Waals surface area contributed by atoms with Crippen molar-refractivity contribution in [2.75, 3.05) is 20.1 Å². The molecule has 0 radical (unpaired) electrons. The highest BCUT2D eigenvalue weighted by Gasteiger charge is 2.46. The third-order valence-corrected chi connectivity index (χ3v) is 10.4. The molecule has 0 saturated carbocycles. The normalized spacial score (nSPS) is 20.9. The van der Waals surface area contributed by atoms with Crippen LogP contribution in [0, 0.1) is 5.92 Å². The van der Waals surface area contributed by atoms with Crippen molar-refractivity contribution >= 4 is 58.3 Å². The predicted molar refractivity (Wildman–Crippen MR) is 173 cm³/mol. The summed E-state index contributed by atoms with van der Waals surface area (Å²) in [6.45, 7) is 7.91. The first-order valence-corrected chi connectivity index (χ1v) is 17.5. The maximum Gasteiger partial charge on any atom is 0.396 e. The fourth-order valence-electron chi connectivity index (χ4n) is 5.96. The average molecular weight is 677 g/mol. The van der Waals surface area contributed by atoms with Crippen LogP contribution in [-0.4, -0.2) is 93.2 Å². The second kappa shape index (κ2) is 14.3. The van der Waals surface area contributed by atoms with Crippen LogP contribution in [0.15, 0.2) is 36.5 Å². The highest BCUT2D eigenvalue weighted by atomic mass is 32.1. The monoisotopic (exact) mass is 676 g/mol. The standard InChI is InChI=1S/C30H41N6O8PS/c1-16(2)21(8-5-17(3)31)33-26(37)23-9-7-20-11-12-35(30(41)32-4)15-22(28(39)36(20)23)34-27(38)25-14-19-13-18(6-10-24(19)46-25)29(40)45(42,43)44/h6,10,13-14,16,20-23H,3,5,7-9,11-12,15,31H2,1-2,4H3,(H,32,41)(H,33,37)(H,34,38)(H2,42,43,44)/t20-,21+,22+,23+/m1/s1. The molecule has 1 aromatic carbocycles. The Bertz CT molecular complexity index is 1590. The minimum absolute atomic E-state index is 0.115. The SMILES string of the molecule is C=C(N)CC[C@H](NC(=O)[C@@H]1CC[C@@H]2CCN(C(=O)NC)C[C@H](NC(=O)c3cc4cc(C(=O)P(=O)(O)O)ccc4s3)C(=O)N21)C(C)C. The van der Waals surface area contributed by atoms with E-state index in [1.54, 1.807) is 4.90 Å². The van der Waals surface area contributed by atoms with Crippen LogP contribution in [0.5, 0.6) is 0 Å². The Morgan fingerprint density at radius 2 is 1.87 bits per heavy atom. The summed E-state index contributed by atoms with van der Waals surface area (Å²) in [4.78, 5) is 87.8. The second-order valence-electron chi connectivity index (χ2n) is 12.1. The number of urea groups is 1. The van der Waals surface area contributed by atoms with Crippen molar-refractivity contribution in [1.29, 1.82) is 0 Å². The Morgan fingerprint density at radius 1 is 1.15 bits per heavy atom. The number of carbonyl (C=O) groups is 5. The lowest BCUT2D eigenvalue weighted by Crippen LogP contribution is -2.62. The summed E-state index contributed by atoms with van der Waals surface area (Å²) in [6, 6.07) is 2.71. The van der Waals surface area contributed by atoms with Gasteiger partial charge in [0.05, 0.1) is 11.4 Å². The van der Waals surface area contributed by atoms with Gasteiger partial charge in [0.25, 0.3) is 11.4 Å². The molecule has 2 saturated heterocycles. The molecule has 3 heterocycles. The molecule has 1 aromatic heterocycles. The van der Waals surface area contributed by atoms with Crippen LogP contribution in [0.4, 0.5) is 4.79 Å². The number of allylic oxidation sites excluding steroid dienone is 1. The van der Waals surface area contributed by atoms with Crippen LogP contribution in [0.1, 0.15) is 66.0 Å². The lowest BCUT2D eigenvalue weighted by molar-refractivity contribution is -0.143. The molecule has 0 unspecified atom stereocenters. The van der Waals surface area contributed by atoms with E-state index < -0.39 is 43.0 Å².